The van der Waals surface area contributed by atoms with Crippen LogP contribution in [0.2, 0.25) is 0 Å². The Morgan fingerprint density at radius 1 is 1.38 bits per heavy atom. The number of nitrogens with zero attached hydrogens (tertiary/aromatic N) is 2. The second kappa shape index (κ2) is 8.60. The Labute approximate surface area is 98.5 Å². The lowest BCUT2D eigenvalue weighted by atomic mass is 10.2. The van der Waals surface area contributed by atoms with Gasteiger partial charge in [0.1, 0.15) is 0 Å². The number of aromatic nitrogens is 1. The summed E-state index contributed by atoms with van der Waals surface area (Å²) in [6.07, 6.45) is 4.10. The topological polar surface area (TPSA) is 25.2 Å². The standard InChI is InChI=1S/C12H14N2.C2H6/c1-4-10-8-7-9-12(14-10)11(5-2)13-6-3;1-2/h5-9H,2-4H2,1H3;1-2H3. The van der Waals surface area contributed by atoms with Gasteiger partial charge in [-0.2, -0.15) is 0 Å². The van der Waals surface area contributed by atoms with Crippen LogP contribution in [-0.2, 0) is 6.42 Å². The summed E-state index contributed by atoms with van der Waals surface area (Å²) in [7, 11) is 0. The van der Waals surface area contributed by atoms with Crippen LogP contribution >= 0.6 is 0 Å². The van der Waals surface area contributed by atoms with E-state index >= 15 is 0 Å². The van der Waals surface area contributed by atoms with E-state index in [2.05, 4.69) is 30.1 Å². The van der Waals surface area contributed by atoms with Gasteiger partial charge in [0.05, 0.1) is 11.4 Å². The number of hydrogen-bond acceptors (Lipinski definition) is 2. The maximum atomic E-state index is 4.43. The van der Waals surface area contributed by atoms with E-state index in [-0.39, 0.29) is 0 Å². The Morgan fingerprint density at radius 2 is 2.06 bits per heavy atom. The van der Waals surface area contributed by atoms with Crippen molar-refractivity contribution >= 4 is 5.71 Å². The van der Waals surface area contributed by atoms with Gasteiger partial charge in [0, 0.05) is 11.9 Å². The zero-order valence-electron chi connectivity index (χ0n) is 10.4. The monoisotopic (exact) mass is 216 g/mol. The van der Waals surface area contributed by atoms with Gasteiger partial charge in [-0.15, -0.1) is 0 Å². The van der Waals surface area contributed by atoms with Crippen molar-refractivity contribution in [2.24, 2.45) is 4.99 Å². The molecule has 0 fully saturated rings. The molecule has 0 aliphatic rings. The average molecular weight is 216 g/mol. The van der Waals surface area contributed by atoms with E-state index in [9.17, 15) is 0 Å². The van der Waals surface area contributed by atoms with Crippen molar-refractivity contribution in [3.8, 4) is 0 Å². The Kier molecular flexibility index (Phi) is 7.68. The molecule has 86 valence electrons. The van der Waals surface area contributed by atoms with Crippen LogP contribution in [0.5, 0.6) is 0 Å². The van der Waals surface area contributed by atoms with Gasteiger partial charge in [0.15, 0.2) is 0 Å². The third-order valence-electron chi connectivity index (χ3n) is 1.86. The molecule has 1 rings (SSSR count). The van der Waals surface area contributed by atoms with Gasteiger partial charge in [0.2, 0.25) is 0 Å². The van der Waals surface area contributed by atoms with Gasteiger partial charge in [-0.1, -0.05) is 40.0 Å². The molecule has 0 bridgehead atoms. The van der Waals surface area contributed by atoms with Crippen LogP contribution in [0.25, 0.3) is 0 Å². The minimum Gasteiger partial charge on any atom is -0.255 e. The van der Waals surface area contributed by atoms with E-state index < -0.39 is 0 Å². The third kappa shape index (κ3) is 4.22. The fourth-order valence-electron chi connectivity index (χ4n) is 1.14. The summed E-state index contributed by atoms with van der Waals surface area (Å²) in [5.41, 5.74) is 2.66. The third-order valence-corrected chi connectivity index (χ3v) is 1.86. The highest BCUT2D eigenvalue weighted by atomic mass is 14.8. The molecule has 16 heavy (non-hydrogen) atoms. The molecule has 0 spiro atoms. The molecule has 1 aromatic rings. The number of allylic oxidation sites excluding steroid dienone is 1. The van der Waals surface area contributed by atoms with E-state index in [1.165, 1.54) is 6.20 Å². The summed E-state index contributed by atoms with van der Waals surface area (Å²) in [5, 5.41) is 0. The molecule has 1 heterocycles. The molecule has 0 radical (unpaired) electrons. The lowest BCUT2D eigenvalue weighted by Crippen LogP contribution is -2.01. The van der Waals surface area contributed by atoms with Gasteiger partial charge in [-0.3, -0.25) is 9.98 Å². The van der Waals surface area contributed by atoms with Crippen LogP contribution in [-0.4, -0.2) is 10.7 Å². The molecule has 0 aromatic carbocycles. The molecular formula is C14H20N2. The van der Waals surface area contributed by atoms with Crippen LogP contribution in [0.1, 0.15) is 32.2 Å². The van der Waals surface area contributed by atoms with Crippen molar-refractivity contribution in [2.45, 2.75) is 27.2 Å². The highest BCUT2D eigenvalue weighted by molar-refractivity contribution is 6.07. The number of aliphatic imine (C=N–C) groups is 1. The van der Waals surface area contributed by atoms with Crippen LogP contribution in [0.15, 0.2) is 48.6 Å². The summed E-state index contributed by atoms with van der Waals surface area (Å²) in [6, 6.07) is 5.89. The predicted octanol–water partition coefficient (Wildman–Crippen LogP) is 3.79. The first kappa shape index (κ1) is 14.3. The Balaban J connectivity index is 0.00000106. The molecule has 1 aromatic heterocycles. The Hall–Kier alpha value is -1.70. The first-order chi connectivity index (χ1) is 7.81. The van der Waals surface area contributed by atoms with Crippen molar-refractivity contribution in [1.29, 1.82) is 0 Å². The van der Waals surface area contributed by atoms with E-state index in [4.69, 9.17) is 0 Å². The Morgan fingerprint density at radius 3 is 2.56 bits per heavy atom. The number of pyridine rings is 1. The lowest BCUT2D eigenvalue weighted by molar-refractivity contribution is 1.03. The largest absolute Gasteiger partial charge is 0.255 e. The smallest absolute Gasteiger partial charge is 0.0889 e. The van der Waals surface area contributed by atoms with Gasteiger partial charge >= 0.3 is 0 Å². The normalized spacial score (nSPS) is 10.1. The molecule has 0 amide bonds. The van der Waals surface area contributed by atoms with Crippen molar-refractivity contribution in [2.75, 3.05) is 0 Å². The maximum absolute atomic E-state index is 4.43. The van der Waals surface area contributed by atoms with E-state index in [0.29, 0.717) is 0 Å². The molecule has 0 saturated heterocycles. The molecule has 0 unspecified atom stereocenters. The van der Waals surface area contributed by atoms with Crippen LogP contribution in [0, 0.1) is 0 Å². The summed E-state index contributed by atoms with van der Waals surface area (Å²) in [5.74, 6) is 0. The first-order valence-corrected chi connectivity index (χ1v) is 5.59. The minimum atomic E-state index is 0.760. The molecule has 2 heteroatoms. The maximum Gasteiger partial charge on any atom is 0.0889 e. The second-order valence-corrected chi connectivity index (χ2v) is 2.77. The zero-order chi connectivity index (χ0) is 12.4. The second-order valence-electron chi connectivity index (χ2n) is 2.77. The predicted molar refractivity (Wildman–Crippen MR) is 71.9 cm³/mol. The van der Waals surface area contributed by atoms with Crippen molar-refractivity contribution in [3.05, 3.63) is 55.0 Å². The summed E-state index contributed by atoms with van der Waals surface area (Å²) in [6.45, 7) is 13.3. The van der Waals surface area contributed by atoms with Crippen LogP contribution in [0.3, 0.4) is 0 Å². The average Bonchev–Trinajstić information content (AvgIpc) is 2.38. The summed E-state index contributed by atoms with van der Waals surface area (Å²) in [4.78, 5) is 8.52. The zero-order valence-corrected chi connectivity index (χ0v) is 10.4. The number of aryl methyl sites for hydroxylation is 1. The van der Waals surface area contributed by atoms with Crippen molar-refractivity contribution in [3.63, 3.8) is 0 Å². The number of rotatable bonds is 4. The molecule has 0 N–H and O–H groups in total. The van der Waals surface area contributed by atoms with E-state index in [1.54, 1.807) is 6.08 Å². The van der Waals surface area contributed by atoms with Crippen LogP contribution < -0.4 is 0 Å². The Bertz CT molecular complexity index is 365. The van der Waals surface area contributed by atoms with Gasteiger partial charge in [-0.05, 0) is 24.6 Å². The van der Waals surface area contributed by atoms with E-state index in [0.717, 1.165) is 23.5 Å². The van der Waals surface area contributed by atoms with Crippen LogP contribution in [0.4, 0.5) is 0 Å². The minimum absolute atomic E-state index is 0.760. The first-order valence-electron chi connectivity index (χ1n) is 5.59. The summed E-state index contributed by atoms with van der Waals surface area (Å²) >= 11 is 0. The van der Waals surface area contributed by atoms with Crippen molar-refractivity contribution < 1.29 is 0 Å². The van der Waals surface area contributed by atoms with Gasteiger partial charge in [0.25, 0.3) is 0 Å². The van der Waals surface area contributed by atoms with Crippen molar-refractivity contribution in [1.82, 2.24) is 4.98 Å². The quantitative estimate of drug-likeness (QED) is 0.703. The fourth-order valence-corrected chi connectivity index (χ4v) is 1.14. The highest BCUT2D eigenvalue weighted by Gasteiger charge is 2.00. The number of hydrogen-bond donors (Lipinski definition) is 0. The fraction of sp³-hybridized carbons (Fsp3) is 0.286. The lowest BCUT2D eigenvalue weighted by Gasteiger charge is -2.01. The molecule has 2 nitrogen and oxygen atoms in total. The molecule has 0 atom stereocenters. The molecule has 0 saturated carbocycles. The molecular weight excluding hydrogens is 196 g/mol. The highest BCUT2D eigenvalue weighted by Crippen LogP contribution is 2.03. The SMILES string of the molecule is C=CN=C(C=C)c1cccc(CC)n1.CC. The van der Waals surface area contributed by atoms with Gasteiger partial charge in [-0.25, -0.2) is 0 Å². The van der Waals surface area contributed by atoms with E-state index in [1.807, 2.05) is 32.0 Å². The summed E-state index contributed by atoms with van der Waals surface area (Å²) < 4.78 is 0. The molecule has 0 aliphatic carbocycles. The molecule has 0 aliphatic heterocycles. The van der Waals surface area contributed by atoms with Gasteiger partial charge < -0.3 is 0 Å².